The number of aryl methyl sites for hydroxylation is 3. The van der Waals surface area contributed by atoms with Gasteiger partial charge in [-0.05, 0) is 37.1 Å². The Balaban J connectivity index is 1.65. The molecule has 150 valence electrons. The normalized spacial score (nSPS) is 11.3. The van der Waals surface area contributed by atoms with E-state index in [1.54, 1.807) is 0 Å². The van der Waals surface area contributed by atoms with Gasteiger partial charge in [0.15, 0.2) is 0 Å². The van der Waals surface area contributed by atoms with Gasteiger partial charge in [0, 0.05) is 17.8 Å². The molecule has 0 aliphatic carbocycles. The number of aromatic nitrogens is 2. The van der Waals surface area contributed by atoms with Gasteiger partial charge >= 0.3 is 0 Å². The number of rotatable bonds is 6. The van der Waals surface area contributed by atoms with Crippen molar-refractivity contribution in [2.45, 2.75) is 32.6 Å². The van der Waals surface area contributed by atoms with Crippen LogP contribution in [0.5, 0.6) is 0 Å². The molecule has 1 N–H and O–H groups in total. The van der Waals surface area contributed by atoms with E-state index < -0.39 is 15.9 Å². The smallest absolute Gasteiger partial charge is 0.262 e. The second kappa shape index (κ2) is 8.14. The monoisotopic (exact) mass is 430 g/mol. The Morgan fingerprint density at radius 1 is 1.28 bits per heavy atom. The zero-order valence-electron chi connectivity index (χ0n) is 15.8. The Labute approximate surface area is 171 Å². The molecule has 8 nitrogen and oxygen atoms in total. The van der Waals surface area contributed by atoms with E-state index in [9.17, 15) is 18.0 Å². The van der Waals surface area contributed by atoms with Crippen LogP contribution < -0.4 is 10.3 Å². The SMILES string of the molecule is Cc1sc2ncn(CCC(=O)NS(=O)(=O)Cc3ccc(C#N)cc3)c(=O)c2c1C. The number of nitrogens with zero attached hydrogens (tertiary/aromatic N) is 3. The van der Waals surface area contributed by atoms with Crippen molar-refractivity contribution in [3.8, 4) is 6.07 Å². The van der Waals surface area contributed by atoms with Crippen LogP contribution in [0.25, 0.3) is 10.2 Å². The zero-order chi connectivity index (χ0) is 21.2. The van der Waals surface area contributed by atoms with Crippen LogP contribution in [0.1, 0.15) is 28.0 Å². The van der Waals surface area contributed by atoms with Gasteiger partial charge in [-0.2, -0.15) is 5.26 Å². The molecule has 2 aromatic heterocycles. The number of nitrogens with one attached hydrogen (secondary N) is 1. The summed E-state index contributed by atoms with van der Waals surface area (Å²) in [5.74, 6) is -1.09. The number of benzene rings is 1. The zero-order valence-corrected chi connectivity index (χ0v) is 17.4. The minimum Gasteiger partial charge on any atom is -0.298 e. The largest absolute Gasteiger partial charge is 0.298 e. The first kappa shape index (κ1) is 20.7. The summed E-state index contributed by atoms with van der Waals surface area (Å²) in [6.45, 7) is 3.79. The van der Waals surface area contributed by atoms with Crippen molar-refractivity contribution in [3.63, 3.8) is 0 Å². The van der Waals surface area contributed by atoms with Crippen LogP contribution in [0.2, 0.25) is 0 Å². The van der Waals surface area contributed by atoms with Gasteiger partial charge in [0.2, 0.25) is 15.9 Å². The second-order valence-electron chi connectivity index (χ2n) is 6.55. The Morgan fingerprint density at radius 2 is 1.97 bits per heavy atom. The maximum absolute atomic E-state index is 12.6. The molecule has 0 aliphatic heterocycles. The van der Waals surface area contributed by atoms with Crippen LogP contribution in [-0.2, 0) is 27.1 Å². The van der Waals surface area contributed by atoms with Crippen LogP contribution in [0.4, 0.5) is 0 Å². The lowest BCUT2D eigenvalue weighted by Crippen LogP contribution is -2.33. The number of sulfonamides is 1. The van der Waals surface area contributed by atoms with Gasteiger partial charge in [-0.25, -0.2) is 13.4 Å². The van der Waals surface area contributed by atoms with Crippen molar-refractivity contribution in [1.82, 2.24) is 14.3 Å². The average Bonchev–Trinajstić information content (AvgIpc) is 2.96. The predicted octanol–water partition coefficient (Wildman–Crippen LogP) is 1.98. The third-order valence-corrected chi connectivity index (χ3v) is 6.81. The Bertz CT molecular complexity index is 1280. The highest BCUT2D eigenvalue weighted by atomic mass is 32.2. The van der Waals surface area contributed by atoms with Gasteiger partial charge in [-0.15, -0.1) is 11.3 Å². The molecule has 0 radical (unpaired) electrons. The highest BCUT2D eigenvalue weighted by Gasteiger charge is 2.17. The first-order chi connectivity index (χ1) is 13.7. The van der Waals surface area contributed by atoms with Crippen LogP contribution in [0.3, 0.4) is 0 Å². The number of carbonyl (C=O) groups is 1. The molecule has 0 saturated carbocycles. The van der Waals surface area contributed by atoms with Gasteiger partial charge in [0.25, 0.3) is 5.56 Å². The summed E-state index contributed by atoms with van der Waals surface area (Å²) in [5.41, 5.74) is 1.50. The van der Waals surface area contributed by atoms with Crippen LogP contribution in [0.15, 0.2) is 35.4 Å². The molecule has 3 rings (SSSR count). The van der Waals surface area contributed by atoms with E-state index in [2.05, 4.69) is 4.98 Å². The highest BCUT2D eigenvalue weighted by molar-refractivity contribution is 7.89. The Kier molecular flexibility index (Phi) is 5.81. The first-order valence-electron chi connectivity index (χ1n) is 8.67. The lowest BCUT2D eigenvalue weighted by molar-refractivity contribution is -0.119. The van der Waals surface area contributed by atoms with E-state index >= 15 is 0 Å². The molecule has 0 fully saturated rings. The number of fused-ring (bicyclic) bond motifs is 1. The molecule has 0 spiro atoms. The van der Waals surface area contributed by atoms with Crippen LogP contribution in [0, 0.1) is 25.2 Å². The van der Waals surface area contributed by atoms with Gasteiger partial charge in [0.05, 0.1) is 29.1 Å². The number of hydrogen-bond donors (Lipinski definition) is 1. The molecule has 10 heteroatoms. The highest BCUT2D eigenvalue weighted by Crippen LogP contribution is 2.25. The quantitative estimate of drug-likeness (QED) is 0.638. The van der Waals surface area contributed by atoms with E-state index in [1.807, 2.05) is 24.6 Å². The van der Waals surface area contributed by atoms with E-state index in [1.165, 1.54) is 46.5 Å². The van der Waals surface area contributed by atoms with E-state index in [4.69, 9.17) is 5.26 Å². The Hall–Kier alpha value is -3.03. The molecule has 2 heterocycles. The van der Waals surface area contributed by atoms with Crippen molar-refractivity contribution in [3.05, 3.63) is 62.5 Å². The van der Waals surface area contributed by atoms with Crippen LogP contribution >= 0.6 is 11.3 Å². The van der Waals surface area contributed by atoms with Gasteiger partial charge in [-0.1, -0.05) is 12.1 Å². The molecule has 1 aromatic carbocycles. The molecule has 29 heavy (non-hydrogen) atoms. The maximum atomic E-state index is 12.6. The van der Waals surface area contributed by atoms with Crippen molar-refractivity contribution < 1.29 is 13.2 Å². The van der Waals surface area contributed by atoms with Crippen molar-refractivity contribution in [2.75, 3.05) is 0 Å². The number of thiophene rings is 1. The van der Waals surface area contributed by atoms with E-state index in [-0.39, 0.29) is 24.3 Å². The molecule has 0 aliphatic rings. The predicted molar refractivity (Wildman–Crippen MR) is 110 cm³/mol. The fraction of sp³-hybridized carbons (Fsp3) is 0.263. The molecule has 0 bridgehead atoms. The summed E-state index contributed by atoms with van der Waals surface area (Å²) in [4.78, 5) is 30.6. The van der Waals surface area contributed by atoms with Gasteiger partial charge < -0.3 is 0 Å². The van der Waals surface area contributed by atoms with Crippen molar-refractivity contribution in [1.29, 1.82) is 5.26 Å². The second-order valence-corrected chi connectivity index (χ2v) is 9.48. The molecule has 0 unspecified atom stereocenters. The molecule has 0 atom stereocenters. The van der Waals surface area contributed by atoms with Gasteiger partial charge in [0.1, 0.15) is 4.83 Å². The summed E-state index contributed by atoms with van der Waals surface area (Å²) in [5, 5.41) is 9.31. The maximum Gasteiger partial charge on any atom is 0.262 e. The lowest BCUT2D eigenvalue weighted by Gasteiger charge is -2.08. The van der Waals surface area contributed by atoms with Crippen molar-refractivity contribution >= 4 is 37.5 Å². The number of carbonyl (C=O) groups excluding carboxylic acids is 1. The van der Waals surface area contributed by atoms with Crippen LogP contribution in [-0.4, -0.2) is 23.9 Å². The molecule has 1 amide bonds. The summed E-state index contributed by atoms with van der Waals surface area (Å²) in [6.07, 6.45) is 1.19. The summed E-state index contributed by atoms with van der Waals surface area (Å²) >= 11 is 1.44. The van der Waals surface area contributed by atoms with E-state index in [0.717, 1.165) is 10.4 Å². The fourth-order valence-electron chi connectivity index (χ4n) is 2.81. The third kappa shape index (κ3) is 4.70. The topological polar surface area (TPSA) is 122 Å². The van der Waals surface area contributed by atoms with E-state index in [0.29, 0.717) is 21.3 Å². The summed E-state index contributed by atoms with van der Waals surface area (Å²) < 4.78 is 27.7. The number of amides is 1. The fourth-order valence-corrected chi connectivity index (χ4v) is 4.95. The number of nitriles is 1. The summed E-state index contributed by atoms with van der Waals surface area (Å²) in [6, 6.07) is 8.01. The average molecular weight is 431 g/mol. The molecular formula is C19H18N4O4S2. The van der Waals surface area contributed by atoms with Crippen molar-refractivity contribution in [2.24, 2.45) is 0 Å². The van der Waals surface area contributed by atoms with Gasteiger partial charge in [-0.3, -0.25) is 18.9 Å². The standard InChI is InChI=1S/C19H18N4O4S2/c1-12-13(2)28-18-17(12)19(25)23(11-21-18)8-7-16(24)22-29(26,27)10-15-5-3-14(9-20)4-6-15/h3-6,11H,7-8,10H2,1-2H3,(H,22,24). The summed E-state index contributed by atoms with van der Waals surface area (Å²) in [7, 11) is -3.89. The lowest BCUT2D eigenvalue weighted by atomic mass is 10.2. The minimum atomic E-state index is -3.89. The third-order valence-electron chi connectivity index (χ3n) is 4.44. The molecular weight excluding hydrogens is 412 g/mol. The number of hydrogen-bond acceptors (Lipinski definition) is 7. The molecule has 3 aromatic rings. The molecule has 0 saturated heterocycles. The minimum absolute atomic E-state index is 0.0222. The first-order valence-corrected chi connectivity index (χ1v) is 11.1. The Morgan fingerprint density at radius 3 is 2.62 bits per heavy atom.